The van der Waals surface area contributed by atoms with E-state index >= 15 is 0 Å². The first-order valence-corrected chi connectivity index (χ1v) is 10.3. The van der Waals surface area contributed by atoms with Crippen LogP contribution in [0.15, 0.2) is 48.9 Å². The molecule has 4 aromatic rings. The van der Waals surface area contributed by atoms with Crippen LogP contribution >= 0.6 is 11.6 Å². The molecule has 0 saturated carbocycles. The van der Waals surface area contributed by atoms with Crippen molar-refractivity contribution in [3.8, 4) is 11.1 Å². The maximum Gasteiger partial charge on any atom is 0.159 e. The van der Waals surface area contributed by atoms with E-state index in [2.05, 4.69) is 15.0 Å². The molecular formula is C23H20ClFN4O2. The summed E-state index contributed by atoms with van der Waals surface area (Å²) < 4.78 is 16.7. The van der Waals surface area contributed by atoms with Gasteiger partial charge in [0.15, 0.2) is 5.82 Å². The van der Waals surface area contributed by atoms with Crippen LogP contribution in [0, 0.1) is 5.82 Å². The number of nitrogens with zero attached hydrogens (tertiary/aromatic N) is 4. The lowest BCUT2D eigenvalue weighted by atomic mass is 9.96. The van der Waals surface area contributed by atoms with Crippen LogP contribution in [0.2, 0.25) is 5.02 Å². The Bertz CT molecular complexity index is 1300. The molecule has 0 aliphatic heterocycles. The van der Waals surface area contributed by atoms with E-state index in [-0.39, 0.29) is 11.7 Å². The third-order valence-corrected chi connectivity index (χ3v) is 6.01. The monoisotopic (exact) mass is 438 g/mol. The van der Waals surface area contributed by atoms with Crippen LogP contribution in [0.3, 0.4) is 0 Å². The van der Waals surface area contributed by atoms with E-state index in [0.717, 1.165) is 11.3 Å². The van der Waals surface area contributed by atoms with Gasteiger partial charge in [-0.2, -0.15) is 0 Å². The second-order valence-corrected chi connectivity index (χ2v) is 8.73. The van der Waals surface area contributed by atoms with E-state index in [1.165, 1.54) is 18.5 Å². The van der Waals surface area contributed by atoms with Gasteiger partial charge in [0.25, 0.3) is 0 Å². The molecule has 158 valence electrons. The SMILES string of the molecule is CC(C)(O)c1ncc(-c2cn3c4c(nc3cc2F)C(O)C[C@@H]4c2ccccc2Cl)cn1. The van der Waals surface area contributed by atoms with E-state index in [1.54, 1.807) is 20.0 Å². The molecule has 3 heterocycles. The van der Waals surface area contributed by atoms with Gasteiger partial charge in [-0.05, 0) is 31.9 Å². The van der Waals surface area contributed by atoms with Crippen LogP contribution < -0.4 is 0 Å². The molecule has 0 saturated heterocycles. The molecule has 0 bridgehead atoms. The molecular weight excluding hydrogens is 419 g/mol. The Morgan fingerprint density at radius 3 is 2.58 bits per heavy atom. The number of aromatic nitrogens is 4. The summed E-state index contributed by atoms with van der Waals surface area (Å²) in [6.07, 6.45) is 4.34. The number of imidazole rings is 1. The molecule has 2 atom stereocenters. The van der Waals surface area contributed by atoms with Gasteiger partial charge in [0, 0.05) is 46.7 Å². The van der Waals surface area contributed by atoms with E-state index < -0.39 is 17.5 Å². The predicted molar refractivity (Wildman–Crippen MR) is 114 cm³/mol. The van der Waals surface area contributed by atoms with Gasteiger partial charge in [0.1, 0.15) is 17.1 Å². The van der Waals surface area contributed by atoms with Gasteiger partial charge in [-0.25, -0.2) is 19.3 Å². The minimum absolute atomic E-state index is 0.166. The summed E-state index contributed by atoms with van der Waals surface area (Å²) in [5.74, 6) is -0.386. The summed E-state index contributed by atoms with van der Waals surface area (Å²) in [6, 6.07) is 8.85. The number of aliphatic hydroxyl groups is 2. The fourth-order valence-electron chi connectivity index (χ4n) is 4.17. The van der Waals surface area contributed by atoms with Crippen molar-refractivity contribution in [2.24, 2.45) is 0 Å². The Labute approximate surface area is 183 Å². The van der Waals surface area contributed by atoms with Crippen molar-refractivity contribution in [2.45, 2.75) is 37.9 Å². The number of hydrogen-bond acceptors (Lipinski definition) is 5. The lowest BCUT2D eigenvalue weighted by Crippen LogP contribution is -2.19. The topological polar surface area (TPSA) is 83.5 Å². The molecule has 0 fully saturated rings. The molecule has 5 rings (SSSR count). The largest absolute Gasteiger partial charge is 0.387 e. The maximum absolute atomic E-state index is 14.9. The minimum Gasteiger partial charge on any atom is -0.387 e. The fraction of sp³-hybridized carbons (Fsp3) is 0.261. The second kappa shape index (κ2) is 7.09. The van der Waals surface area contributed by atoms with Gasteiger partial charge in [0.05, 0.1) is 17.5 Å². The Morgan fingerprint density at radius 2 is 1.90 bits per heavy atom. The summed E-state index contributed by atoms with van der Waals surface area (Å²) in [6.45, 7) is 3.17. The average Bonchev–Trinajstić information content (AvgIpc) is 3.24. The zero-order valence-electron chi connectivity index (χ0n) is 16.9. The molecule has 1 aliphatic rings. The number of hydrogen-bond donors (Lipinski definition) is 2. The highest BCUT2D eigenvalue weighted by Gasteiger charge is 2.37. The number of rotatable bonds is 3. The first-order chi connectivity index (χ1) is 14.7. The molecule has 6 nitrogen and oxygen atoms in total. The van der Waals surface area contributed by atoms with E-state index in [9.17, 15) is 14.6 Å². The molecule has 2 N–H and O–H groups in total. The van der Waals surface area contributed by atoms with Crippen molar-refractivity contribution in [3.63, 3.8) is 0 Å². The molecule has 1 aromatic carbocycles. The molecule has 31 heavy (non-hydrogen) atoms. The number of benzene rings is 1. The highest BCUT2D eigenvalue weighted by Crippen LogP contribution is 2.46. The fourth-order valence-corrected chi connectivity index (χ4v) is 4.43. The summed E-state index contributed by atoms with van der Waals surface area (Å²) in [5.41, 5.74) is 2.23. The number of fused-ring (bicyclic) bond motifs is 3. The summed E-state index contributed by atoms with van der Waals surface area (Å²) in [4.78, 5) is 12.9. The number of halogens is 2. The normalized spacial score (nSPS) is 18.5. The Kier molecular flexibility index (Phi) is 4.58. The van der Waals surface area contributed by atoms with Crippen molar-refractivity contribution < 1.29 is 14.6 Å². The molecule has 0 spiro atoms. The lowest BCUT2D eigenvalue weighted by molar-refractivity contribution is 0.0687. The van der Waals surface area contributed by atoms with Gasteiger partial charge in [-0.3, -0.25) is 0 Å². The van der Waals surface area contributed by atoms with Crippen molar-refractivity contribution in [3.05, 3.63) is 82.5 Å². The summed E-state index contributed by atoms with van der Waals surface area (Å²) in [5, 5.41) is 21.3. The van der Waals surface area contributed by atoms with Gasteiger partial charge in [0.2, 0.25) is 0 Å². The van der Waals surface area contributed by atoms with Crippen LogP contribution in [0.1, 0.15) is 55.1 Å². The standard InChI is InChI=1S/C23H20ClFN4O2/c1-23(2,31)22-26-9-12(10-27-22)15-11-29-19(8-17(15)25)28-20-18(30)7-14(21(20)29)13-5-3-4-6-16(13)24/h3-6,8-11,14,18,30-31H,7H2,1-2H3/t14-,18?/m1/s1. The zero-order chi connectivity index (χ0) is 21.9. The van der Waals surface area contributed by atoms with Gasteiger partial charge in [-0.1, -0.05) is 29.8 Å². The van der Waals surface area contributed by atoms with Gasteiger partial charge >= 0.3 is 0 Å². The zero-order valence-corrected chi connectivity index (χ0v) is 17.7. The third kappa shape index (κ3) is 3.29. The Hall–Kier alpha value is -2.87. The van der Waals surface area contributed by atoms with Gasteiger partial charge < -0.3 is 14.6 Å². The molecule has 1 unspecified atom stereocenters. The number of pyridine rings is 1. The Balaban J connectivity index is 1.67. The first-order valence-electron chi connectivity index (χ1n) is 9.93. The van der Waals surface area contributed by atoms with Crippen LogP contribution in [0.4, 0.5) is 4.39 Å². The number of aliphatic hydroxyl groups excluding tert-OH is 1. The van der Waals surface area contributed by atoms with Crippen molar-refractivity contribution in [1.82, 2.24) is 19.4 Å². The second-order valence-electron chi connectivity index (χ2n) is 8.33. The van der Waals surface area contributed by atoms with Gasteiger partial charge in [-0.15, -0.1) is 0 Å². The molecule has 8 heteroatoms. The van der Waals surface area contributed by atoms with Crippen molar-refractivity contribution in [2.75, 3.05) is 0 Å². The molecule has 3 aromatic heterocycles. The summed E-state index contributed by atoms with van der Waals surface area (Å²) in [7, 11) is 0. The van der Waals surface area contributed by atoms with Crippen LogP contribution in [0.25, 0.3) is 16.8 Å². The quantitative estimate of drug-likeness (QED) is 0.496. The molecule has 1 aliphatic carbocycles. The van der Waals surface area contributed by atoms with Crippen molar-refractivity contribution in [1.29, 1.82) is 0 Å². The van der Waals surface area contributed by atoms with Crippen molar-refractivity contribution >= 4 is 17.2 Å². The van der Waals surface area contributed by atoms with Crippen LogP contribution in [-0.4, -0.2) is 29.6 Å². The minimum atomic E-state index is -1.19. The molecule has 0 amide bonds. The third-order valence-electron chi connectivity index (χ3n) is 5.67. The van der Waals surface area contributed by atoms with Crippen LogP contribution in [0.5, 0.6) is 0 Å². The van der Waals surface area contributed by atoms with E-state index in [4.69, 9.17) is 11.6 Å². The highest BCUT2D eigenvalue weighted by atomic mass is 35.5. The average molecular weight is 439 g/mol. The van der Waals surface area contributed by atoms with E-state index in [0.29, 0.717) is 33.9 Å². The predicted octanol–water partition coefficient (Wildman–Crippen LogP) is 4.38. The maximum atomic E-state index is 14.9. The first kappa shape index (κ1) is 20.1. The Morgan fingerprint density at radius 1 is 1.19 bits per heavy atom. The smallest absolute Gasteiger partial charge is 0.159 e. The highest BCUT2D eigenvalue weighted by molar-refractivity contribution is 6.31. The van der Waals surface area contributed by atoms with E-state index in [1.807, 2.05) is 28.7 Å². The lowest BCUT2D eigenvalue weighted by Gasteiger charge is -2.16. The van der Waals surface area contributed by atoms with Crippen LogP contribution in [-0.2, 0) is 5.60 Å². The molecule has 0 radical (unpaired) electrons. The summed E-state index contributed by atoms with van der Waals surface area (Å²) >= 11 is 6.43.